The van der Waals surface area contributed by atoms with Crippen molar-refractivity contribution in [3.05, 3.63) is 0 Å². The van der Waals surface area contributed by atoms with Gasteiger partial charge in [-0.2, -0.15) is 0 Å². The molecule has 1 saturated heterocycles. The van der Waals surface area contributed by atoms with Gasteiger partial charge >= 0.3 is 0 Å². The number of hydrogen-bond donors (Lipinski definition) is 0. The number of alkyl halides is 1. The Bertz CT molecular complexity index is 225. The lowest BCUT2D eigenvalue weighted by Gasteiger charge is -2.46. The molecule has 0 amide bonds. The first-order valence-electron chi connectivity index (χ1n) is 6.92. The van der Waals surface area contributed by atoms with Gasteiger partial charge in [-0.15, -0.1) is 0 Å². The van der Waals surface area contributed by atoms with E-state index in [1.54, 1.807) is 0 Å². The zero-order valence-corrected chi connectivity index (χ0v) is 12.4. The van der Waals surface area contributed by atoms with Crippen LogP contribution >= 0.6 is 15.9 Å². The minimum Gasteiger partial charge on any atom is -0.300 e. The zero-order chi connectivity index (χ0) is 11.6. The first kappa shape index (κ1) is 12.9. The molecule has 0 N–H and O–H groups in total. The average Bonchev–Trinajstić information content (AvgIpc) is 2.29. The molecule has 0 aromatic rings. The molecule has 2 atom stereocenters. The van der Waals surface area contributed by atoms with Gasteiger partial charge in [-0.3, -0.25) is 4.90 Å². The predicted octanol–water partition coefficient (Wildman–Crippen LogP) is 4.06. The number of hydrogen-bond acceptors (Lipinski definition) is 1. The van der Waals surface area contributed by atoms with Crippen molar-refractivity contribution in [3.8, 4) is 0 Å². The summed E-state index contributed by atoms with van der Waals surface area (Å²) >= 11 is 3.66. The first-order valence-corrected chi connectivity index (χ1v) is 8.04. The van der Waals surface area contributed by atoms with Crippen molar-refractivity contribution in [1.82, 2.24) is 4.90 Å². The normalized spacial score (nSPS) is 32.4. The topological polar surface area (TPSA) is 3.24 Å². The van der Waals surface area contributed by atoms with Crippen molar-refractivity contribution in [2.24, 2.45) is 11.3 Å². The molecule has 1 heterocycles. The molecular weight excluding hydrogens is 262 g/mol. The van der Waals surface area contributed by atoms with Crippen LogP contribution < -0.4 is 0 Å². The van der Waals surface area contributed by atoms with Gasteiger partial charge in [0, 0.05) is 17.9 Å². The molecule has 1 saturated carbocycles. The highest BCUT2D eigenvalue weighted by Crippen LogP contribution is 2.36. The fourth-order valence-electron chi connectivity index (χ4n) is 3.52. The van der Waals surface area contributed by atoms with Crippen LogP contribution in [0.4, 0.5) is 0 Å². The number of halogens is 1. The highest BCUT2D eigenvalue weighted by Gasteiger charge is 2.35. The van der Waals surface area contributed by atoms with Crippen LogP contribution in [-0.4, -0.2) is 29.4 Å². The van der Waals surface area contributed by atoms with Crippen LogP contribution in [0.5, 0.6) is 0 Å². The lowest BCUT2D eigenvalue weighted by Crippen LogP contribution is -2.50. The van der Waals surface area contributed by atoms with Gasteiger partial charge in [-0.05, 0) is 43.6 Å². The smallest absolute Gasteiger partial charge is 0.0124 e. The van der Waals surface area contributed by atoms with Gasteiger partial charge < -0.3 is 0 Å². The van der Waals surface area contributed by atoms with Gasteiger partial charge in [0.05, 0.1) is 0 Å². The molecule has 0 bridgehead atoms. The average molecular weight is 288 g/mol. The molecule has 16 heavy (non-hydrogen) atoms. The van der Waals surface area contributed by atoms with Gasteiger partial charge in [0.1, 0.15) is 0 Å². The van der Waals surface area contributed by atoms with Crippen LogP contribution in [0.15, 0.2) is 0 Å². The molecule has 1 aliphatic heterocycles. The first-order chi connectivity index (χ1) is 7.62. The van der Waals surface area contributed by atoms with Crippen LogP contribution in [0.3, 0.4) is 0 Å². The minimum atomic E-state index is 0.430. The monoisotopic (exact) mass is 287 g/mol. The maximum atomic E-state index is 3.66. The highest BCUT2D eigenvalue weighted by molar-refractivity contribution is 9.09. The van der Waals surface area contributed by atoms with Gasteiger partial charge in [0.25, 0.3) is 0 Å². The third kappa shape index (κ3) is 3.01. The molecule has 2 unspecified atom stereocenters. The van der Waals surface area contributed by atoms with Crippen molar-refractivity contribution in [1.29, 1.82) is 0 Å². The molecule has 94 valence electrons. The Balaban J connectivity index is 1.97. The molecule has 2 aliphatic rings. The van der Waals surface area contributed by atoms with Crippen LogP contribution in [0, 0.1) is 11.3 Å². The predicted molar refractivity (Wildman–Crippen MR) is 74.1 cm³/mol. The highest BCUT2D eigenvalue weighted by atomic mass is 79.9. The summed E-state index contributed by atoms with van der Waals surface area (Å²) in [5.41, 5.74) is 0.430. The lowest BCUT2D eigenvalue weighted by atomic mass is 9.77. The third-order valence-electron chi connectivity index (χ3n) is 4.35. The van der Waals surface area contributed by atoms with Gasteiger partial charge in [0.2, 0.25) is 0 Å². The standard InChI is InChI=1S/C14H26BrN/c1-14(2,10-15)11-16-9-5-7-12-6-3-4-8-13(12)16/h12-13H,3-11H2,1-2H3. The summed E-state index contributed by atoms with van der Waals surface area (Å²) in [5.74, 6) is 1.02. The molecular formula is C14H26BrN. The molecule has 1 aliphatic carbocycles. The zero-order valence-electron chi connectivity index (χ0n) is 10.8. The van der Waals surface area contributed by atoms with Gasteiger partial charge in [0.15, 0.2) is 0 Å². The maximum Gasteiger partial charge on any atom is 0.0124 e. The fraction of sp³-hybridized carbons (Fsp3) is 1.00. The molecule has 2 heteroatoms. The second-order valence-electron chi connectivity index (χ2n) is 6.52. The van der Waals surface area contributed by atoms with Gasteiger partial charge in [-0.25, -0.2) is 0 Å². The largest absolute Gasteiger partial charge is 0.300 e. The van der Waals surface area contributed by atoms with Crippen LogP contribution in [-0.2, 0) is 0 Å². The summed E-state index contributed by atoms with van der Waals surface area (Å²) in [6.45, 7) is 7.39. The van der Waals surface area contributed by atoms with Crippen molar-refractivity contribution in [2.75, 3.05) is 18.4 Å². The van der Waals surface area contributed by atoms with E-state index >= 15 is 0 Å². The van der Waals surface area contributed by atoms with Crippen molar-refractivity contribution in [3.63, 3.8) is 0 Å². The number of likely N-dealkylation sites (tertiary alicyclic amines) is 1. The Morgan fingerprint density at radius 3 is 2.56 bits per heavy atom. The van der Waals surface area contributed by atoms with Crippen LogP contribution in [0.2, 0.25) is 0 Å². The summed E-state index contributed by atoms with van der Waals surface area (Å²) in [5, 5.41) is 1.12. The van der Waals surface area contributed by atoms with Crippen molar-refractivity contribution < 1.29 is 0 Å². The number of rotatable bonds is 3. The van der Waals surface area contributed by atoms with Crippen LogP contribution in [0.25, 0.3) is 0 Å². The second-order valence-corrected chi connectivity index (χ2v) is 7.08. The van der Waals surface area contributed by atoms with E-state index in [1.165, 1.54) is 51.6 Å². The molecule has 0 radical (unpaired) electrons. The Kier molecular flexibility index (Phi) is 4.34. The molecule has 0 spiro atoms. The minimum absolute atomic E-state index is 0.430. The molecule has 2 fully saturated rings. The molecule has 2 rings (SSSR count). The van der Waals surface area contributed by atoms with E-state index in [0.29, 0.717) is 5.41 Å². The van der Waals surface area contributed by atoms with E-state index in [-0.39, 0.29) is 0 Å². The van der Waals surface area contributed by atoms with E-state index in [0.717, 1.165) is 17.3 Å². The lowest BCUT2D eigenvalue weighted by molar-refractivity contribution is 0.0372. The molecule has 0 aromatic heterocycles. The van der Waals surface area contributed by atoms with E-state index in [4.69, 9.17) is 0 Å². The quantitative estimate of drug-likeness (QED) is 0.708. The summed E-state index contributed by atoms with van der Waals surface area (Å²) in [7, 11) is 0. The summed E-state index contributed by atoms with van der Waals surface area (Å²) in [4.78, 5) is 2.80. The number of nitrogens with zero attached hydrogens (tertiary/aromatic N) is 1. The van der Waals surface area contributed by atoms with E-state index in [9.17, 15) is 0 Å². The van der Waals surface area contributed by atoms with Gasteiger partial charge in [-0.1, -0.05) is 42.6 Å². The Morgan fingerprint density at radius 1 is 1.12 bits per heavy atom. The fourth-order valence-corrected chi connectivity index (χ4v) is 3.69. The second kappa shape index (κ2) is 5.39. The van der Waals surface area contributed by atoms with Crippen molar-refractivity contribution in [2.45, 2.75) is 58.4 Å². The van der Waals surface area contributed by atoms with E-state index in [1.807, 2.05) is 0 Å². The Labute approximate surface area is 109 Å². The third-order valence-corrected chi connectivity index (χ3v) is 5.87. The SMILES string of the molecule is CC(C)(CBr)CN1CCCC2CCCCC21. The van der Waals surface area contributed by atoms with E-state index < -0.39 is 0 Å². The maximum absolute atomic E-state index is 3.66. The number of fused-ring (bicyclic) bond motifs is 1. The van der Waals surface area contributed by atoms with Crippen LogP contribution in [0.1, 0.15) is 52.4 Å². The molecule has 1 nitrogen and oxygen atoms in total. The summed E-state index contributed by atoms with van der Waals surface area (Å²) in [6.07, 6.45) is 8.83. The summed E-state index contributed by atoms with van der Waals surface area (Å²) < 4.78 is 0. The Hall–Kier alpha value is 0.440. The Morgan fingerprint density at radius 2 is 1.81 bits per heavy atom. The summed E-state index contributed by atoms with van der Waals surface area (Å²) in [6, 6.07) is 0.917. The molecule has 0 aromatic carbocycles. The van der Waals surface area contributed by atoms with Crippen molar-refractivity contribution >= 4 is 15.9 Å². The number of piperidine rings is 1. The van der Waals surface area contributed by atoms with E-state index in [2.05, 4.69) is 34.7 Å².